The summed E-state index contributed by atoms with van der Waals surface area (Å²) in [6.45, 7) is 4.38. The molecule has 0 radical (unpaired) electrons. The number of nitro groups is 1. The van der Waals surface area contributed by atoms with E-state index in [1.54, 1.807) is 13.0 Å². The Balaban J connectivity index is 1.71. The summed E-state index contributed by atoms with van der Waals surface area (Å²) >= 11 is 4.64. The number of carbonyl (C=O) groups excluding carboxylic acids is 1. The zero-order valence-electron chi connectivity index (χ0n) is 15.8. The van der Waals surface area contributed by atoms with E-state index >= 15 is 0 Å². The van der Waals surface area contributed by atoms with Crippen LogP contribution in [0.3, 0.4) is 0 Å². The van der Waals surface area contributed by atoms with Crippen molar-refractivity contribution < 1.29 is 9.72 Å². The standard InChI is InChI=1S/C19H18BrN5O3S/c1-3-24-18(13-5-7-14(20)8-6-13)22-23-19(24)29-11-17(26)21-15-9-4-12(2)10-16(15)25(27)28/h4-10H,3,11H2,1-2H3,(H,21,26). The maximum absolute atomic E-state index is 12.3. The van der Waals surface area contributed by atoms with Crippen LogP contribution in [-0.2, 0) is 11.3 Å². The zero-order valence-corrected chi connectivity index (χ0v) is 18.2. The van der Waals surface area contributed by atoms with Crippen LogP contribution in [0.15, 0.2) is 52.1 Å². The first-order chi connectivity index (χ1) is 13.9. The van der Waals surface area contributed by atoms with Crippen LogP contribution >= 0.6 is 27.7 Å². The average molecular weight is 476 g/mol. The summed E-state index contributed by atoms with van der Waals surface area (Å²) in [6.07, 6.45) is 0. The molecule has 3 rings (SSSR count). The molecule has 10 heteroatoms. The fraction of sp³-hybridized carbons (Fsp3) is 0.211. The minimum Gasteiger partial charge on any atom is -0.320 e. The zero-order chi connectivity index (χ0) is 21.0. The molecule has 0 fully saturated rings. The second-order valence-corrected chi connectivity index (χ2v) is 8.03. The third-order valence-corrected chi connectivity index (χ3v) is 5.59. The van der Waals surface area contributed by atoms with E-state index < -0.39 is 4.92 Å². The Labute approximate surface area is 180 Å². The Kier molecular flexibility index (Phi) is 6.65. The molecule has 0 saturated carbocycles. The molecule has 150 valence electrons. The maximum atomic E-state index is 12.3. The molecule has 0 atom stereocenters. The molecular weight excluding hydrogens is 458 g/mol. The molecule has 0 aliphatic rings. The van der Waals surface area contributed by atoms with E-state index in [1.807, 2.05) is 35.8 Å². The Hall–Kier alpha value is -2.72. The second kappa shape index (κ2) is 9.19. The summed E-state index contributed by atoms with van der Waals surface area (Å²) in [6, 6.07) is 12.4. The summed E-state index contributed by atoms with van der Waals surface area (Å²) in [4.78, 5) is 23.0. The summed E-state index contributed by atoms with van der Waals surface area (Å²) in [7, 11) is 0. The van der Waals surface area contributed by atoms with E-state index in [1.165, 1.54) is 23.9 Å². The van der Waals surface area contributed by atoms with Crippen LogP contribution in [0.5, 0.6) is 0 Å². The minimum absolute atomic E-state index is 0.0590. The van der Waals surface area contributed by atoms with Gasteiger partial charge in [-0.25, -0.2) is 0 Å². The largest absolute Gasteiger partial charge is 0.320 e. The van der Waals surface area contributed by atoms with Gasteiger partial charge in [-0.3, -0.25) is 14.9 Å². The van der Waals surface area contributed by atoms with Crippen LogP contribution in [0.1, 0.15) is 12.5 Å². The lowest BCUT2D eigenvalue weighted by Crippen LogP contribution is -2.15. The van der Waals surface area contributed by atoms with Gasteiger partial charge in [-0.1, -0.05) is 45.9 Å². The van der Waals surface area contributed by atoms with Crippen LogP contribution in [0.4, 0.5) is 11.4 Å². The van der Waals surface area contributed by atoms with Crippen LogP contribution in [-0.4, -0.2) is 31.3 Å². The van der Waals surface area contributed by atoms with Crippen LogP contribution in [0.2, 0.25) is 0 Å². The highest BCUT2D eigenvalue weighted by atomic mass is 79.9. The third kappa shape index (κ3) is 5.01. The van der Waals surface area contributed by atoms with Gasteiger partial charge in [-0.15, -0.1) is 10.2 Å². The molecule has 1 amide bonds. The molecule has 8 nitrogen and oxygen atoms in total. The number of anilines is 1. The van der Waals surface area contributed by atoms with Crippen LogP contribution in [0, 0.1) is 17.0 Å². The highest BCUT2D eigenvalue weighted by Gasteiger charge is 2.18. The Morgan fingerprint density at radius 3 is 2.62 bits per heavy atom. The van der Waals surface area contributed by atoms with Crippen molar-refractivity contribution in [2.75, 3.05) is 11.1 Å². The first-order valence-corrected chi connectivity index (χ1v) is 10.5. The molecule has 3 aromatic rings. The number of nitro benzene ring substituents is 1. The van der Waals surface area contributed by atoms with E-state index in [0.29, 0.717) is 11.7 Å². The van der Waals surface area contributed by atoms with Gasteiger partial charge >= 0.3 is 0 Å². The van der Waals surface area contributed by atoms with Crippen molar-refractivity contribution in [3.05, 3.63) is 62.6 Å². The maximum Gasteiger partial charge on any atom is 0.293 e. The molecule has 0 saturated heterocycles. The lowest BCUT2D eigenvalue weighted by atomic mass is 10.2. The van der Waals surface area contributed by atoms with E-state index in [9.17, 15) is 14.9 Å². The number of hydrogen-bond acceptors (Lipinski definition) is 6. The third-order valence-electron chi connectivity index (χ3n) is 4.09. The molecule has 0 aliphatic carbocycles. The number of nitrogens with zero attached hydrogens (tertiary/aromatic N) is 4. The van der Waals surface area contributed by atoms with Crippen LogP contribution in [0.25, 0.3) is 11.4 Å². The van der Waals surface area contributed by atoms with Crippen molar-refractivity contribution in [2.24, 2.45) is 0 Å². The van der Waals surface area contributed by atoms with Crippen molar-refractivity contribution >= 4 is 45.0 Å². The van der Waals surface area contributed by atoms with Gasteiger partial charge in [0.25, 0.3) is 5.69 Å². The van der Waals surface area contributed by atoms with Crippen LogP contribution < -0.4 is 5.32 Å². The van der Waals surface area contributed by atoms with Gasteiger partial charge in [0, 0.05) is 22.6 Å². The van der Waals surface area contributed by atoms with E-state index in [4.69, 9.17) is 0 Å². The minimum atomic E-state index is -0.506. The van der Waals surface area contributed by atoms with Crippen molar-refractivity contribution in [3.8, 4) is 11.4 Å². The molecule has 0 unspecified atom stereocenters. The lowest BCUT2D eigenvalue weighted by molar-refractivity contribution is -0.384. The first-order valence-electron chi connectivity index (χ1n) is 8.76. The average Bonchev–Trinajstić information content (AvgIpc) is 3.11. The molecule has 0 bridgehead atoms. The SMILES string of the molecule is CCn1c(SCC(=O)Nc2ccc(C)cc2[N+](=O)[O-])nnc1-c1ccc(Br)cc1. The van der Waals surface area contributed by atoms with Gasteiger partial charge in [0.05, 0.1) is 10.7 Å². The normalized spacial score (nSPS) is 10.7. The van der Waals surface area contributed by atoms with Gasteiger partial charge in [0.2, 0.25) is 5.91 Å². The number of carbonyl (C=O) groups is 1. The molecule has 0 aliphatic heterocycles. The van der Waals surface area contributed by atoms with Gasteiger partial charge in [0.15, 0.2) is 11.0 Å². The van der Waals surface area contributed by atoms with Crippen molar-refractivity contribution in [2.45, 2.75) is 25.5 Å². The number of amides is 1. The monoisotopic (exact) mass is 475 g/mol. The molecule has 1 N–H and O–H groups in total. The summed E-state index contributed by atoms with van der Waals surface area (Å²) in [5, 5.41) is 22.9. The lowest BCUT2D eigenvalue weighted by Gasteiger charge is -2.08. The molecule has 1 heterocycles. The van der Waals surface area contributed by atoms with Gasteiger partial charge in [0.1, 0.15) is 5.69 Å². The fourth-order valence-corrected chi connectivity index (χ4v) is 3.77. The Bertz CT molecular complexity index is 1050. The summed E-state index contributed by atoms with van der Waals surface area (Å²) in [5.74, 6) is 0.429. The van der Waals surface area contributed by atoms with E-state index in [-0.39, 0.29) is 23.0 Å². The Morgan fingerprint density at radius 1 is 1.24 bits per heavy atom. The number of halogens is 1. The highest BCUT2D eigenvalue weighted by Crippen LogP contribution is 2.27. The summed E-state index contributed by atoms with van der Waals surface area (Å²) < 4.78 is 2.90. The number of hydrogen-bond donors (Lipinski definition) is 1. The second-order valence-electron chi connectivity index (χ2n) is 6.17. The smallest absolute Gasteiger partial charge is 0.293 e. The predicted octanol–water partition coefficient (Wildman–Crippen LogP) is 4.67. The number of benzene rings is 2. The van der Waals surface area contributed by atoms with E-state index in [2.05, 4.69) is 31.4 Å². The van der Waals surface area contributed by atoms with E-state index in [0.717, 1.165) is 21.4 Å². The quantitative estimate of drug-likeness (QED) is 0.302. The number of thioether (sulfide) groups is 1. The number of rotatable bonds is 7. The van der Waals surface area contributed by atoms with Gasteiger partial charge < -0.3 is 9.88 Å². The molecule has 1 aromatic heterocycles. The van der Waals surface area contributed by atoms with Crippen molar-refractivity contribution in [3.63, 3.8) is 0 Å². The number of nitrogens with one attached hydrogen (secondary N) is 1. The molecule has 0 spiro atoms. The Morgan fingerprint density at radius 2 is 1.97 bits per heavy atom. The number of aromatic nitrogens is 3. The fourth-order valence-electron chi connectivity index (χ4n) is 2.71. The van der Waals surface area contributed by atoms with Gasteiger partial charge in [-0.05, 0) is 37.6 Å². The van der Waals surface area contributed by atoms with Crippen molar-refractivity contribution in [1.29, 1.82) is 0 Å². The first kappa shape index (κ1) is 21.0. The summed E-state index contributed by atoms with van der Waals surface area (Å²) in [5.41, 5.74) is 1.73. The topological polar surface area (TPSA) is 103 Å². The van der Waals surface area contributed by atoms with Crippen molar-refractivity contribution in [1.82, 2.24) is 14.8 Å². The molecular formula is C19H18BrN5O3S. The molecule has 29 heavy (non-hydrogen) atoms. The van der Waals surface area contributed by atoms with Gasteiger partial charge in [-0.2, -0.15) is 0 Å². The molecule has 2 aromatic carbocycles. The highest BCUT2D eigenvalue weighted by molar-refractivity contribution is 9.10. The number of aryl methyl sites for hydroxylation is 1. The predicted molar refractivity (Wildman–Crippen MR) is 116 cm³/mol.